The van der Waals surface area contributed by atoms with Gasteiger partial charge in [0, 0.05) is 7.05 Å². The van der Waals surface area contributed by atoms with Crippen LogP contribution in [0.5, 0.6) is 5.75 Å². The Morgan fingerprint density at radius 2 is 1.79 bits per heavy atom. The quantitative estimate of drug-likeness (QED) is 0.497. The van der Waals surface area contributed by atoms with Crippen molar-refractivity contribution in [2.75, 3.05) is 7.05 Å². The van der Waals surface area contributed by atoms with Gasteiger partial charge in [-0.3, -0.25) is 9.59 Å². The molecule has 0 unspecified atom stereocenters. The molecule has 2 amide bonds. The van der Waals surface area contributed by atoms with Crippen molar-refractivity contribution in [3.05, 3.63) is 72.1 Å². The second-order valence-corrected chi connectivity index (χ2v) is 8.68. The third kappa shape index (κ3) is 5.65. The fourth-order valence-corrected chi connectivity index (χ4v) is 4.42. The third-order valence-electron chi connectivity index (χ3n) is 6.34. The third-order valence-corrected chi connectivity index (χ3v) is 6.34. The molecular formula is C27H31N3O4. The smallest absolute Gasteiger partial charge is 0.287 e. The SMILES string of the molecule is CNC(=O)[C@@H](NC(=O)c1ccc(-c2ccc(O[C@@H](C)c3ccccc3)cn2)o1)C1CCCCC1. The van der Waals surface area contributed by atoms with E-state index in [-0.39, 0.29) is 23.7 Å². The molecule has 0 spiro atoms. The summed E-state index contributed by atoms with van der Waals surface area (Å²) in [7, 11) is 1.59. The van der Waals surface area contributed by atoms with Crippen LogP contribution in [0.2, 0.25) is 0 Å². The topological polar surface area (TPSA) is 93.5 Å². The highest BCUT2D eigenvalue weighted by Gasteiger charge is 2.31. The molecule has 3 aromatic rings. The number of likely N-dealkylation sites (N-methyl/N-ethyl adjacent to an activating group) is 1. The Morgan fingerprint density at radius 3 is 2.47 bits per heavy atom. The number of nitrogens with one attached hydrogen (secondary N) is 2. The van der Waals surface area contributed by atoms with Gasteiger partial charge in [-0.2, -0.15) is 0 Å². The minimum Gasteiger partial charge on any atom is -0.484 e. The summed E-state index contributed by atoms with van der Waals surface area (Å²) in [6, 6.07) is 16.3. The first kappa shape index (κ1) is 23.5. The molecule has 0 radical (unpaired) electrons. The Bertz CT molecular complexity index is 1090. The van der Waals surface area contributed by atoms with Gasteiger partial charge < -0.3 is 19.8 Å². The normalized spacial score (nSPS) is 15.8. The van der Waals surface area contributed by atoms with Crippen LogP contribution in [0.3, 0.4) is 0 Å². The predicted molar refractivity (Wildman–Crippen MR) is 129 cm³/mol. The molecule has 0 bridgehead atoms. The van der Waals surface area contributed by atoms with E-state index in [9.17, 15) is 9.59 Å². The molecule has 1 fully saturated rings. The van der Waals surface area contributed by atoms with Crippen LogP contribution < -0.4 is 15.4 Å². The maximum atomic E-state index is 12.8. The Morgan fingerprint density at radius 1 is 1.03 bits per heavy atom. The van der Waals surface area contributed by atoms with Crippen molar-refractivity contribution >= 4 is 11.8 Å². The summed E-state index contributed by atoms with van der Waals surface area (Å²) in [6.45, 7) is 1.99. The molecule has 2 N–H and O–H groups in total. The second kappa shape index (κ2) is 11.0. The van der Waals surface area contributed by atoms with Crippen molar-refractivity contribution in [3.63, 3.8) is 0 Å². The summed E-state index contributed by atoms with van der Waals surface area (Å²) in [5.41, 5.74) is 1.67. The number of carbonyl (C=O) groups excluding carboxylic acids is 2. The minimum atomic E-state index is -0.562. The van der Waals surface area contributed by atoms with E-state index in [1.807, 2.05) is 43.3 Å². The van der Waals surface area contributed by atoms with E-state index < -0.39 is 11.9 Å². The van der Waals surface area contributed by atoms with Gasteiger partial charge in [0.25, 0.3) is 5.91 Å². The van der Waals surface area contributed by atoms with Crippen LogP contribution in [0.25, 0.3) is 11.5 Å². The number of aromatic nitrogens is 1. The number of carbonyl (C=O) groups is 2. The number of hydrogen-bond acceptors (Lipinski definition) is 5. The number of pyridine rings is 1. The van der Waals surface area contributed by atoms with Crippen molar-refractivity contribution in [2.45, 2.75) is 51.2 Å². The Labute approximate surface area is 199 Å². The van der Waals surface area contributed by atoms with Crippen molar-refractivity contribution in [1.29, 1.82) is 0 Å². The highest BCUT2D eigenvalue weighted by atomic mass is 16.5. The van der Waals surface area contributed by atoms with Crippen LogP contribution in [0, 0.1) is 5.92 Å². The van der Waals surface area contributed by atoms with Crippen molar-refractivity contribution < 1.29 is 18.7 Å². The lowest BCUT2D eigenvalue weighted by molar-refractivity contribution is -0.124. The Kier molecular flexibility index (Phi) is 7.62. The molecule has 0 saturated heterocycles. The van der Waals surface area contributed by atoms with Crippen LogP contribution in [-0.2, 0) is 4.79 Å². The van der Waals surface area contributed by atoms with Gasteiger partial charge in [0.1, 0.15) is 23.6 Å². The van der Waals surface area contributed by atoms with E-state index in [0.29, 0.717) is 17.2 Å². The van der Waals surface area contributed by atoms with Crippen molar-refractivity contribution in [2.24, 2.45) is 5.92 Å². The average molecular weight is 462 g/mol. The first-order valence-electron chi connectivity index (χ1n) is 11.9. The summed E-state index contributed by atoms with van der Waals surface area (Å²) in [5.74, 6) is 0.836. The molecule has 1 saturated carbocycles. The fourth-order valence-electron chi connectivity index (χ4n) is 4.42. The molecule has 4 rings (SSSR count). The molecule has 34 heavy (non-hydrogen) atoms. The molecule has 0 aliphatic heterocycles. The van der Waals surface area contributed by atoms with E-state index in [4.69, 9.17) is 9.15 Å². The van der Waals surface area contributed by atoms with Crippen LogP contribution in [0.15, 0.2) is 65.2 Å². The molecule has 178 valence electrons. The van der Waals surface area contributed by atoms with Gasteiger partial charge >= 0.3 is 0 Å². The molecule has 1 aliphatic rings. The van der Waals surface area contributed by atoms with Gasteiger partial charge in [-0.1, -0.05) is 49.6 Å². The largest absolute Gasteiger partial charge is 0.484 e. The monoisotopic (exact) mass is 461 g/mol. The summed E-state index contributed by atoms with van der Waals surface area (Å²) in [5, 5.41) is 5.55. The van der Waals surface area contributed by atoms with Crippen LogP contribution in [-0.4, -0.2) is 29.9 Å². The first-order valence-corrected chi connectivity index (χ1v) is 11.9. The van der Waals surface area contributed by atoms with E-state index >= 15 is 0 Å². The zero-order chi connectivity index (χ0) is 23.9. The number of hydrogen-bond donors (Lipinski definition) is 2. The molecule has 7 nitrogen and oxygen atoms in total. The van der Waals surface area contributed by atoms with E-state index in [1.165, 1.54) is 6.42 Å². The standard InChI is InChI=1S/C27H31N3O4/c1-18(19-9-5-3-6-10-19)33-21-13-14-22(29-17-21)23-15-16-24(34-23)26(31)30-25(27(32)28-2)20-11-7-4-8-12-20/h3,5-6,9-10,13-18,20,25H,4,7-8,11-12H2,1-2H3,(H,28,32)(H,30,31)/t18-,25-/m0/s1. The lowest BCUT2D eigenvalue weighted by Gasteiger charge is -2.29. The van der Waals surface area contributed by atoms with Gasteiger partial charge in [-0.25, -0.2) is 4.98 Å². The second-order valence-electron chi connectivity index (χ2n) is 8.68. The molecule has 1 aliphatic carbocycles. The lowest BCUT2D eigenvalue weighted by Crippen LogP contribution is -2.50. The summed E-state index contributed by atoms with van der Waals surface area (Å²) >= 11 is 0. The highest BCUT2D eigenvalue weighted by molar-refractivity contribution is 5.96. The van der Waals surface area contributed by atoms with Crippen LogP contribution in [0.1, 0.15) is 61.3 Å². The highest BCUT2D eigenvalue weighted by Crippen LogP contribution is 2.28. The zero-order valence-corrected chi connectivity index (χ0v) is 19.6. The van der Waals surface area contributed by atoms with Crippen LogP contribution >= 0.6 is 0 Å². The molecule has 2 aromatic heterocycles. The summed E-state index contributed by atoms with van der Waals surface area (Å²) in [4.78, 5) is 29.7. The van der Waals surface area contributed by atoms with Crippen molar-refractivity contribution in [3.8, 4) is 17.2 Å². The number of nitrogens with zero attached hydrogens (tertiary/aromatic N) is 1. The number of benzene rings is 1. The molecular weight excluding hydrogens is 430 g/mol. The van der Waals surface area contributed by atoms with Crippen LogP contribution in [0.4, 0.5) is 0 Å². The Hall–Kier alpha value is -3.61. The lowest BCUT2D eigenvalue weighted by atomic mass is 9.83. The average Bonchev–Trinajstić information content (AvgIpc) is 3.39. The first-order chi connectivity index (χ1) is 16.5. The predicted octanol–water partition coefficient (Wildman–Crippen LogP) is 4.91. The van der Waals surface area contributed by atoms with Gasteiger partial charge in [-0.05, 0) is 55.5 Å². The summed E-state index contributed by atoms with van der Waals surface area (Å²) in [6.07, 6.45) is 6.73. The van der Waals surface area contributed by atoms with Gasteiger partial charge in [0.2, 0.25) is 5.91 Å². The number of ether oxygens (including phenoxy) is 1. The molecule has 7 heteroatoms. The fraction of sp³-hybridized carbons (Fsp3) is 0.370. The molecule has 1 aromatic carbocycles. The maximum Gasteiger partial charge on any atom is 0.287 e. The number of amides is 2. The van der Waals surface area contributed by atoms with Gasteiger partial charge in [-0.15, -0.1) is 0 Å². The number of rotatable bonds is 8. The van der Waals surface area contributed by atoms with Gasteiger partial charge in [0.05, 0.1) is 6.20 Å². The summed E-state index contributed by atoms with van der Waals surface area (Å²) < 4.78 is 11.8. The van der Waals surface area contributed by atoms with Gasteiger partial charge in [0.15, 0.2) is 11.5 Å². The number of furan rings is 1. The zero-order valence-electron chi connectivity index (χ0n) is 19.6. The van der Waals surface area contributed by atoms with E-state index in [1.54, 1.807) is 31.4 Å². The molecule has 2 heterocycles. The molecule has 2 atom stereocenters. The Balaban J connectivity index is 1.41. The van der Waals surface area contributed by atoms with E-state index in [2.05, 4.69) is 15.6 Å². The maximum absolute atomic E-state index is 12.8. The minimum absolute atomic E-state index is 0.106. The van der Waals surface area contributed by atoms with E-state index in [0.717, 1.165) is 31.2 Å². The van der Waals surface area contributed by atoms with Crippen molar-refractivity contribution in [1.82, 2.24) is 15.6 Å².